The van der Waals surface area contributed by atoms with Gasteiger partial charge in [0.25, 0.3) is 0 Å². The van der Waals surface area contributed by atoms with Crippen molar-refractivity contribution in [2.24, 2.45) is 7.05 Å². The topological polar surface area (TPSA) is 64.4 Å². The standard InChI is InChI=1S/C14H14N2O3/c1-16-8-11(7-13(17)18)14(15-16)10-2-3-12-9(6-10)4-5-19-12/h2-3,6,8H,4-5,7H2,1H3,(H,17,18). The molecular formula is C14H14N2O3. The second-order valence-corrected chi connectivity index (χ2v) is 4.67. The van der Waals surface area contributed by atoms with Gasteiger partial charge in [-0.25, -0.2) is 0 Å². The molecule has 2 heterocycles. The van der Waals surface area contributed by atoms with E-state index in [1.54, 1.807) is 17.9 Å². The molecule has 0 unspecified atom stereocenters. The molecule has 0 saturated heterocycles. The molecule has 1 aliphatic heterocycles. The number of benzene rings is 1. The Morgan fingerprint density at radius 1 is 1.53 bits per heavy atom. The number of ether oxygens (including phenoxy) is 1. The molecule has 0 aliphatic carbocycles. The number of aryl methyl sites for hydroxylation is 1. The fraction of sp³-hybridized carbons (Fsp3) is 0.286. The lowest BCUT2D eigenvalue weighted by atomic mass is 10.0. The summed E-state index contributed by atoms with van der Waals surface area (Å²) in [7, 11) is 1.80. The van der Waals surface area contributed by atoms with Gasteiger partial charge in [-0.2, -0.15) is 5.10 Å². The minimum absolute atomic E-state index is 0.0171. The molecule has 3 rings (SSSR count). The summed E-state index contributed by atoms with van der Waals surface area (Å²) in [5.74, 6) is 0.0678. The van der Waals surface area contributed by atoms with E-state index in [1.807, 2.05) is 18.2 Å². The van der Waals surface area contributed by atoms with Crippen LogP contribution < -0.4 is 4.74 Å². The summed E-state index contributed by atoms with van der Waals surface area (Å²) >= 11 is 0. The van der Waals surface area contributed by atoms with E-state index in [2.05, 4.69) is 5.10 Å². The van der Waals surface area contributed by atoms with Crippen LogP contribution in [-0.4, -0.2) is 27.5 Å². The van der Waals surface area contributed by atoms with E-state index in [0.717, 1.165) is 34.6 Å². The molecule has 0 atom stereocenters. The van der Waals surface area contributed by atoms with Crippen molar-refractivity contribution in [2.45, 2.75) is 12.8 Å². The fourth-order valence-electron chi connectivity index (χ4n) is 2.41. The summed E-state index contributed by atoms with van der Waals surface area (Å²) in [6.07, 6.45) is 2.63. The highest BCUT2D eigenvalue weighted by molar-refractivity contribution is 5.75. The lowest BCUT2D eigenvalue weighted by molar-refractivity contribution is -0.136. The molecule has 0 spiro atoms. The minimum Gasteiger partial charge on any atom is -0.493 e. The van der Waals surface area contributed by atoms with Crippen LogP contribution in [0, 0.1) is 0 Å². The first-order valence-corrected chi connectivity index (χ1v) is 6.14. The molecule has 0 fully saturated rings. The number of aromatic nitrogens is 2. The zero-order valence-electron chi connectivity index (χ0n) is 10.6. The Labute approximate surface area is 110 Å². The summed E-state index contributed by atoms with van der Waals surface area (Å²) in [6.45, 7) is 0.711. The molecule has 0 saturated carbocycles. The highest BCUT2D eigenvalue weighted by Gasteiger charge is 2.17. The van der Waals surface area contributed by atoms with Crippen LogP contribution in [0.25, 0.3) is 11.3 Å². The van der Waals surface area contributed by atoms with Crippen LogP contribution >= 0.6 is 0 Å². The SMILES string of the molecule is Cn1cc(CC(=O)O)c(-c2ccc3c(c2)CCO3)n1. The molecule has 1 aromatic heterocycles. The van der Waals surface area contributed by atoms with Crippen molar-refractivity contribution in [3.8, 4) is 17.0 Å². The zero-order valence-corrected chi connectivity index (χ0v) is 10.6. The molecule has 98 valence electrons. The van der Waals surface area contributed by atoms with Crippen molar-refractivity contribution < 1.29 is 14.6 Å². The largest absolute Gasteiger partial charge is 0.493 e. The first-order chi connectivity index (χ1) is 9.13. The number of rotatable bonds is 3. The Kier molecular flexibility index (Phi) is 2.74. The number of aliphatic carboxylic acids is 1. The van der Waals surface area contributed by atoms with Crippen LogP contribution in [0.5, 0.6) is 5.75 Å². The maximum absolute atomic E-state index is 10.9. The summed E-state index contributed by atoms with van der Waals surface area (Å²) in [5, 5.41) is 13.3. The average Bonchev–Trinajstić information content (AvgIpc) is 2.93. The lowest BCUT2D eigenvalue weighted by Gasteiger charge is -2.03. The van der Waals surface area contributed by atoms with E-state index in [9.17, 15) is 4.79 Å². The molecule has 0 amide bonds. The average molecular weight is 258 g/mol. The van der Waals surface area contributed by atoms with Crippen molar-refractivity contribution in [3.05, 3.63) is 35.5 Å². The third kappa shape index (κ3) is 2.19. The van der Waals surface area contributed by atoms with Crippen molar-refractivity contribution in [3.63, 3.8) is 0 Å². The van der Waals surface area contributed by atoms with Crippen LogP contribution in [-0.2, 0) is 24.7 Å². The maximum Gasteiger partial charge on any atom is 0.307 e. The summed E-state index contributed by atoms with van der Waals surface area (Å²) in [5.41, 5.74) is 3.57. The molecular weight excluding hydrogens is 244 g/mol. The highest BCUT2D eigenvalue weighted by Crippen LogP contribution is 2.31. The number of nitrogens with zero attached hydrogens (tertiary/aromatic N) is 2. The van der Waals surface area contributed by atoms with Crippen LogP contribution in [0.2, 0.25) is 0 Å². The van der Waals surface area contributed by atoms with Gasteiger partial charge >= 0.3 is 5.97 Å². The second kappa shape index (κ2) is 4.42. The van der Waals surface area contributed by atoms with E-state index >= 15 is 0 Å². The van der Waals surface area contributed by atoms with Crippen molar-refractivity contribution >= 4 is 5.97 Å². The normalized spacial score (nSPS) is 13.1. The quantitative estimate of drug-likeness (QED) is 0.909. The predicted octanol–water partition coefficient (Wildman–Crippen LogP) is 1.65. The lowest BCUT2D eigenvalue weighted by Crippen LogP contribution is -2.00. The molecule has 0 bridgehead atoms. The van der Waals surface area contributed by atoms with E-state index in [4.69, 9.17) is 9.84 Å². The third-order valence-corrected chi connectivity index (χ3v) is 3.21. The Hall–Kier alpha value is -2.30. The van der Waals surface area contributed by atoms with Gasteiger partial charge in [-0.05, 0) is 23.8 Å². The predicted molar refractivity (Wildman–Crippen MR) is 69.2 cm³/mol. The first-order valence-electron chi connectivity index (χ1n) is 6.14. The smallest absolute Gasteiger partial charge is 0.307 e. The molecule has 19 heavy (non-hydrogen) atoms. The number of carboxylic acids is 1. The van der Waals surface area contributed by atoms with Crippen molar-refractivity contribution in [1.29, 1.82) is 0 Å². The number of carboxylic acid groups (broad SMARTS) is 1. The minimum atomic E-state index is -0.848. The van der Waals surface area contributed by atoms with Crippen LogP contribution in [0.4, 0.5) is 0 Å². The van der Waals surface area contributed by atoms with Crippen molar-refractivity contribution in [1.82, 2.24) is 9.78 Å². The Balaban J connectivity index is 2.04. The third-order valence-electron chi connectivity index (χ3n) is 3.21. The molecule has 5 heteroatoms. The Bertz CT molecular complexity index is 646. The van der Waals surface area contributed by atoms with Gasteiger partial charge < -0.3 is 9.84 Å². The molecule has 1 N–H and O–H groups in total. The molecule has 1 aliphatic rings. The summed E-state index contributed by atoms with van der Waals surface area (Å²) in [6, 6.07) is 5.89. The van der Waals surface area contributed by atoms with E-state index in [1.165, 1.54) is 0 Å². The van der Waals surface area contributed by atoms with Gasteiger partial charge in [-0.1, -0.05) is 0 Å². The van der Waals surface area contributed by atoms with E-state index in [0.29, 0.717) is 6.61 Å². The van der Waals surface area contributed by atoms with Gasteiger partial charge in [0.15, 0.2) is 0 Å². The van der Waals surface area contributed by atoms with E-state index in [-0.39, 0.29) is 6.42 Å². The van der Waals surface area contributed by atoms with Gasteiger partial charge in [0.05, 0.1) is 18.7 Å². The number of hydrogen-bond acceptors (Lipinski definition) is 3. The Morgan fingerprint density at radius 2 is 2.37 bits per heavy atom. The van der Waals surface area contributed by atoms with Gasteiger partial charge in [-0.15, -0.1) is 0 Å². The number of carbonyl (C=O) groups is 1. The van der Waals surface area contributed by atoms with Crippen LogP contribution in [0.15, 0.2) is 24.4 Å². The molecule has 2 aromatic rings. The summed E-state index contributed by atoms with van der Waals surface area (Å²) < 4.78 is 7.12. The van der Waals surface area contributed by atoms with Gasteiger partial charge in [0, 0.05) is 30.8 Å². The van der Waals surface area contributed by atoms with Gasteiger partial charge in [0.1, 0.15) is 5.75 Å². The van der Waals surface area contributed by atoms with Crippen LogP contribution in [0.1, 0.15) is 11.1 Å². The fourth-order valence-corrected chi connectivity index (χ4v) is 2.41. The maximum atomic E-state index is 10.9. The summed E-state index contributed by atoms with van der Waals surface area (Å²) in [4.78, 5) is 10.9. The zero-order chi connectivity index (χ0) is 13.4. The second-order valence-electron chi connectivity index (χ2n) is 4.67. The number of hydrogen-bond donors (Lipinski definition) is 1. The molecule has 5 nitrogen and oxygen atoms in total. The Morgan fingerprint density at radius 3 is 3.16 bits per heavy atom. The number of fused-ring (bicyclic) bond motifs is 1. The van der Waals surface area contributed by atoms with Crippen LogP contribution in [0.3, 0.4) is 0 Å². The molecule has 0 radical (unpaired) electrons. The monoisotopic (exact) mass is 258 g/mol. The molecule has 1 aromatic carbocycles. The van der Waals surface area contributed by atoms with Gasteiger partial charge in [-0.3, -0.25) is 9.48 Å². The first kappa shape index (κ1) is 11.8. The van der Waals surface area contributed by atoms with E-state index < -0.39 is 5.97 Å². The van der Waals surface area contributed by atoms with Gasteiger partial charge in [0.2, 0.25) is 0 Å². The van der Waals surface area contributed by atoms with Crippen molar-refractivity contribution in [2.75, 3.05) is 6.61 Å². The highest BCUT2D eigenvalue weighted by atomic mass is 16.5.